The lowest BCUT2D eigenvalue weighted by Gasteiger charge is -2.25. The van der Waals surface area contributed by atoms with E-state index in [0.717, 1.165) is 77.8 Å². The van der Waals surface area contributed by atoms with E-state index in [2.05, 4.69) is 83.2 Å². The minimum Gasteiger partial charge on any atom is -0.359 e. The number of nitrogens with zero attached hydrogens (tertiary/aromatic N) is 2. The Balaban J connectivity index is 5.10. The molecule has 0 rings (SSSR count). The van der Waals surface area contributed by atoms with Crippen molar-refractivity contribution in [2.24, 2.45) is 0 Å². The average molecular weight is 950 g/mol. The van der Waals surface area contributed by atoms with Gasteiger partial charge in [-0.15, -0.1) is 0 Å². The van der Waals surface area contributed by atoms with Crippen LogP contribution in [-0.4, -0.2) is 124 Å². The Kier molecular flexibility index (Phi) is 47.1. The molecule has 0 bridgehead atoms. The number of amides is 4. The zero-order valence-corrected chi connectivity index (χ0v) is 45.3. The van der Waals surface area contributed by atoms with Crippen LogP contribution in [0.25, 0.3) is 0 Å². The molecule has 12 nitrogen and oxygen atoms in total. The first kappa shape index (κ1) is 64.7. The largest absolute Gasteiger partial charge is 0.359 e. The van der Waals surface area contributed by atoms with Crippen LogP contribution in [0.1, 0.15) is 241 Å². The van der Waals surface area contributed by atoms with Crippen molar-refractivity contribution in [3.63, 3.8) is 0 Å². The lowest BCUT2D eigenvalue weighted by Crippen LogP contribution is -2.42. The smallest absolute Gasteiger partial charge is 0.221 e. The van der Waals surface area contributed by atoms with Gasteiger partial charge in [-0.2, -0.15) is 0 Å². The summed E-state index contributed by atoms with van der Waals surface area (Å²) in [5.41, 5.74) is 0. The van der Waals surface area contributed by atoms with Crippen molar-refractivity contribution in [1.29, 1.82) is 0 Å². The van der Waals surface area contributed by atoms with Gasteiger partial charge in [0.25, 0.3) is 0 Å². The molecule has 0 aromatic carbocycles. The molecule has 3 atom stereocenters. The fourth-order valence-electron chi connectivity index (χ4n) is 8.75. The average Bonchev–Trinajstić information content (AvgIpc) is 3.30. The molecular weight excluding hydrogens is 837 g/mol. The van der Waals surface area contributed by atoms with Gasteiger partial charge in [0.05, 0.1) is 0 Å². The van der Waals surface area contributed by atoms with Crippen LogP contribution < -0.4 is 31.9 Å². The molecule has 6 N–H and O–H groups in total. The van der Waals surface area contributed by atoms with Crippen molar-refractivity contribution in [2.75, 3.05) is 72.5 Å². The Bertz CT molecular complexity index is 1100. The molecular formula is C55H112N8O4. The third-order valence-electron chi connectivity index (χ3n) is 13.3. The summed E-state index contributed by atoms with van der Waals surface area (Å²) in [6, 6.07) is 0.513. The Morgan fingerprint density at radius 1 is 0.343 bits per heavy atom. The predicted molar refractivity (Wildman–Crippen MR) is 286 cm³/mol. The van der Waals surface area contributed by atoms with Gasteiger partial charge in [0, 0.05) is 116 Å². The molecule has 0 radical (unpaired) electrons. The van der Waals surface area contributed by atoms with E-state index in [9.17, 15) is 19.2 Å². The molecule has 0 aliphatic heterocycles. The highest BCUT2D eigenvalue weighted by molar-refractivity contribution is 5.77. The third kappa shape index (κ3) is 45.9. The second-order valence-corrected chi connectivity index (χ2v) is 20.1. The maximum atomic E-state index is 13.1. The van der Waals surface area contributed by atoms with Crippen LogP contribution >= 0.6 is 0 Å². The fourth-order valence-corrected chi connectivity index (χ4v) is 8.75. The van der Waals surface area contributed by atoms with Gasteiger partial charge in [-0.1, -0.05) is 175 Å². The highest BCUT2D eigenvalue weighted by atomic mass is 16.2. The highest BCUT2D eigenvalue weighted by Gasteiger charge is 2.15. The maximum absolute atomic E-state index is 13.1. The minimum atomic E-state index is 0.0221. The van der Waals surface area contributed by atoms with E-state index in [0.29, 0.717) is 51.9 Å². The van der Waals surface area contributed by atoms with Crippen molar-refractivity contribution in [3.05, 3.63) is 0 Å². The van der Waals surface area contributed by atoms with Gasteiger partial charge >= 0.3 is 0 Å². The number of rotatable bonds is 51. The molecule has 0 aliphatic carbocycles. The lowest BCUT2D eigenvalue weighted by molar-refractivity contribution is -0.123. The lowest BCUT2D eigenvalue weighted by atomic mass is 10.1. The zero-order valence-electron chi connectivity index (χ0n) is 45.3. The standard InChI is InChI=1S/C55H112N8O4/c1-8-11-14-17-20-23-26-29-32-49(4)59-53(65)36-43-62(44-37-54(66)60-50(5)33-30-27-24-21-18-15-12-9-2)46-41-58-42-48-63(47-40-57-39-35-52(64)56-7)45-38-55(67)61-51(6)34-31-28-25-22-19-16-13-10-3/h49-51,57-58H,8-48H2,1-7H3,(H,56,64)(H,59,65)(H,60,66)(H,61,67). The fraction of sp³-hybridized carbons (Fsp3) is 0.927. The van der Waals surface area contributed by atoms with Gasteiger partial charge < -0.3 is 41.7 Å². The van der Waals surface area contributed by atoms with Gasteiger partial charge in [-0.3, -0.25) is 19.2 Å². The molecule has 3 unspecified atom stereocenters. The summed E-state index contributed by atoms with van der Waals surface area (Å²) in [6.07, 6.45) is 35.6. The van der Waals surface area contributed by atoms with Crippen molar-refractivity contribution in [3.8, 4) is 0 Å². The van der Waals surface area contributed by atoms with E-state index in [4.69, 9.17) is 0 Å². The molecule has 0 spiro atoms. The summed E-state index contributed by atoms with van der Waals surface area (Å²) in [5, 5.41) is 19.4. The summed E-state index contributed by atoms with van der Waals surface area (Å²) < 4.78 is 0. The number of carbonyl (C=O) groups is 4. The van der Waals surface area contributed by atoms with Gasteiger partial charge in [-0.05, 0) is 40.0 Å². The van der Waals surface area contributed by atoms with Crippen molar-refractivity contribution >= 4 is 23.6 Å². The summed E-state index contributed by atoms with van der Waals surface area (Å²) >= 11 is 0. The summed E-state index contributed by atoms with van der Waals surface area (Å²) in [6.45, 7) is 20.2. The SMILES string of the molecule is CCCCCCCCCCC(C)NC(=O)CCN(CCNCCC(=O)NC)CCNCCN(CCC(=O)NC(C)CCCCCCCCCC)CCC(=O)NC(C)CCCCCCCCCC. The molecule has 0 aliphatic rings. The molecule has 396 valence electrons. The Labute approximate surface area is 414 Å². The number of hydrogen-bond acceptors (Lipinski definition) is 8. The Morgan fingerprint density at radius 2 is 0.612 bits per heavy atom. The van der Waals surface area contributed by atoms with Crippen LogP contribution in [0.3, 0.4) is 0 Å². The molecule has 0 aromatic rings. The Morgan fingerprint density at radius 3 is 0.910 bits per heavy atom. The number of nitrogens with one attached hydrogen (secondary N) is 6. The first-order chi connectivity index (χ1) is 32.5. The summed E-state index contributed by atoms with van der Waals surface area (Å²) in [7, 11) is 1.66. The normalized spacial score (nSPS) is 12.9. The van der Waals surface area contributed by atoms with E-state index in [1.165, 1.54) is 135 Å². The molecule has 4 amide bonds. The number of hydrogen-bond donors (Lipinski definition) is 6. The second kappa shape index (κ2) is 48.7. The first-order valence-corrected chi connectivity index (χ1v) is 28.5. The monoisotopic (exact) mass is 949 g/mol. The van der Waals surface area contributed by atoms with E-state index >= 15 is 0 Å². The molecule has 67 heavy (non-hydrogen) atoms. The molecule has 0 aromatic heterocycles. The molecule has 0 saturated heterocycles. The first-order valence-electron chi connectivity index (χ1n) is 28.5. The molecule has 0 saturated carbocycles. The maximum Gasteiger partial charge on any atom is 0.221 e. The van der Waals surface area contributed by atoms with E-state index in [1.54, 1.807) is 7.05 Å². The van der Waals surface area contributed by atoms with Crippen LogP contribution in [0.5, 0.6) is 0 Å². The number of unbranched alkanes of at least 4 members (excludes halogenated alkanes) is 21. The minimum absolute atomic E-state index is 0.0221. The zero-order chi connectivity index (χ0) is 49.4. The van der Waals surface area contributed by atoms with Crippen LogP contribution in [0, 0.1) is 0 Å². The molecule has 0 heterocycles. The van der Waals surface area contributed by atoms with Crippen LogP contribution in [-0.2, 0) is 19.2 Å². The van der Waals surface area contributed by atoms with Gasteiger partial charge in [0.1, 0.15) is 0 Å². The molecule has 12 heteroatoms. The van der Waals surface area contributed by atoms with E-state index in [-0.39, 0.29) is 41.8 Å². The molecule has 0 fully saturated rings. The van der Waals surface area contributed by atoms with Gasteiger partial charge in [-0.25, -0.2) is 0 Å². The van der Waals surface area contributed by atoms with Crippen LogP contribution in [0.15, 0.2) is 0 Å². The van der Waals surface area contributed by atoms with Gasteiger partial charge in [0.15, 0.2) is 0 Å². The second-order valence-electron chi connectivity index (χ2n) is 20.1. The van der Waals surface area contributed by atoms with Gasteiger partial charge in [0.2, 0.25) is 23.6 Å². The summed E-state index contributed by atoms with van der Waals surface area (Å²) in [4.78, 5) is 55.5. The van der Waals surface area contributed by atoms with Crippen LogP contribution in [0.2, 0.25) is 0 Å². The van der Waals surface area contributed by atoms with Crippen molar-refractivity contribution < 1.29 is 19.2 Å². The predicted octanol–water partition coefficient (Wildman–Crippen LogP) is 10.2. The van der Waals surface area contributed by atoms with E-state index < -0.39 is 0 Å². The number of carbonyl (C=O) groups excluding carboxylic acids is 4. The van der Waals surface area contributed by atoms with E-state index in [1.807, 2.05) is 0 Å². The van der Waals surface area contributed by atoms with Crippen molar-refractivity contribution in [1.82, 2.24) is 41.7 Å². The Hall–Kier alpha value is -2.28. The topological polar surface area (TPSA) is 147 Å². The third-order valence-corrected chi connectivity index (χ3v) is 13.3. The quantitative estimate of drug-likeness (QED) is 0.0331. The highest BCUT2D eigenvalue weighted by Crippen LogP contribution is 2.13. The van der Waals surface area contributed by atoms with Crippen molar-refractivity contribution in [2.45, 2.75) is 259 Å². The van der Waals surface area contributed by atoms with Crippen LogP contribution in [0.4, 0.5) is 0 Å². The summed E-state index contributed by atoms with van der Waals surface area (Å²) in [5.74, 6) is 0.291.